The van der Waals surface area contributed by atoms with Gasteiger partial charge in [-0.15, -0.1) is 11.8 Å². The van der Waals surface area contributed by atoms with Crippen molar-refractivity contribution in [1.82, 2.24) is 26.6 Å². The number of hydrogen-bond acceptors (Lipinski definition) is 31. The number of nitrogens with one attached hydrogen (secondary N) is 5. The third-order valence-corrected chi connectivity index (χ3v) is 17.4. The van der Waals surface area contributed by atoms with Crippen molar-refractivity contribution in [2.75, 3.05) is 39.6 Å². The quantitative estimate of drug-likeness (QED) is 0.0262. The Morgan fingerprint density at radius 1 is 0.449 bits per heavy atom. The molecule has 6 aliphatic heterocycles. The average Bonchev–Trinajstić information content (AvgIpc) is 0.772. The van der Waals surface area contributed by atoms with Gasteiger partial charge in [0.1, 0.15) is 146 Å². The highest BCUT2D eigenvalue weighted by atomic mass is 16.8. The summed E-state index contributed by atoms with van der Waals surface area (Å²) in [7, 11) is 0. The van der Waals surface area contributed by atoms with Gasteiger partial charge in [-0.2, -0.15) is 0 Å². The van der Waals surface area contributed by atoms with E-state index in [9.17, 15) is 95.5 Å². The van der Waals surface area contributed by atoms with Gasteiger partial charge in [0, 0.05) is 46.1 Å². The molecule has 6 fully saturated rings. The molecule has 36 nitrogen and oxygen atoms in total. The van der Waals surface area contributed by atoms with Crippen LogP contribution >= 0.6 is 0 Å². The molecule has 556 valence electrons. The summed E-state index contributed by atoms with van der Waals surface area (Å²) < 4.78 is 71.9. The SMILES string of the molecule is CCCCCCC#CCCCOc1cccc(C(=O)N[C@@H]2C(O[C@H]3C(O)C(NC(C)=O)[C@H](OC4C(CO)O[C@@H](O[C@H]5C(O)C(NC(C)=O)C(OC6C(CO[C@@H]7OC(C)C(O)[C@H](O)[C@H]7O)OC(O)[C@@H](NC(C)=O)[C@H]6O)O[C@H]5CO)[C@@H](NC(C)=O)[C@H]4O)O[C@H]3CO)OC(CO)[C@@H](O)[C@@H]2O)c1. The highest BCUT2D eigenvalue weighted by molar-refractivity contribution is 5.94. The van der Waals surface area contributed by atoms with Crippen molar-refractivity contribution in [3.63, 3.8) is 0 Å². The first-order valence-electron chi connectivity index (χ1n) is 32.6. The van der Waals surface area contributed by atoms with Crippen LogP contribution in [0.2, 0.25) is 0 Å². The second-order valence-corrected chi connectivity index (χ2v) is 24.9. The standard InChI is InChI=1S/C62H97N5O31/c1-7-8-9-10-11-12-13-14-15-19-87-32-18-16-17-31(20-32)56(85)67-39-45(78)44(77)33(21-68)91-58(39)95-52-34(22-69)92-59(40(47(52)80)64-28(4)73)96-53-35(23-70)93-60(41(48(53)81)65-29(5)74)97-54-36(24-71)94-61(42(49(54)82)66-30(6)75)98-55-37(90-57(86)38(46(55)79)63-27(3)72)25-88-62-51(84)50(83)43(76)26(2)89-62/h16-18,20,26,33-55,57-62,68-71,76-84,86H,7-11,14-15,19,21-25H2,1-6H3,(H,63,72)(H,64,73)(H,65,74)(H,66,75)(H,67,85)/t26?,33?,34-,35?,36-,37?,38-,39-,40?,41-,42?,43?,44+,45+,46+,47?,48+,49?,50-,51+,52+,53?,54+,55?,57?,58?,59-,60-,61?,62+/m0/s1. The molecule has 1 aromatic carbocycles. The second kappa shape index (κ2) is 37.7. The van der Waals surface area contributed by atoms with Gasteiger partial charge < -0.3 is 155 Å². The van der Waals surface area contributed by atoms with E-state index in [1.165, 1.54) is 19.1 Å². The second-order valence-electron chi connectivity index (χ2n) is 24.9. The molecule has 0 bridgehead atoms. The highest BCUT2D eigenvalue weighted by Gasteiger charge is 2.58. The van der Waals surface area contributed by atoms with Crippen LogP contribution in [-0.4, -0.2) is 325 Å². The third-order valence-electron chi connectivity index (χ3n) is 17.4. The first-order chi connectivity index (χ1) is 46.7. The summed E-state index contributed by atoms with van der Waals surface area (Å²) in [5.41, 5.74) is 0.0314. The molecule has 30 atom stereocenters. The summed E-state index contributed by atoms with van der Waals surface area (Å²) in [4.78, 5) is 65.0. The molecule has 0 aromatic heterocycles. The number of aliphatic hydroxyl groups is 14. The maximum absolute atomic E-state index is 13.9. The first kappa shape index (κ1) is 80.2. The van der Waals surface area contributed by atoms with Crippen molar-refractivity contribution >= 4 is 29.5 Å². The smallest absolute Gasteiger partial charge is 0.251 e. The number of aliphatic hydroxyl groups excluding tert-OH is 14. The van der Waals surface area contributed by atoms with Crippen molar-refractivity contribution < 1.29 is 152 Å². The zero-order valence-electron chi connectivity index (χ0n) is 55.0. The van der Waals surface area contributed by atoms with E-state index in [0.29, 0.717) is 18.6 Å². The zero-order chi connectivity index (χ0) is 71.8. The number of unbranched alkanes of at least 4 members (excludes halogenated alkanes) is 5. The van der Waals surface area contributed by atoms with Crippen LogP contribution in [0.1, 0.15) is 96.8 Å². The minimum Gasteiger partial charge on any atom is -0.494 e. The minimum absolute atomic E-state index is 0.0314. The van der Waals surface area contributed by atoms with Crippen LogP contribution in [0.3, 0.4) is 0 Å². The molecule has 98 heavy (non-hydrogen) atoms. The topological polar surface area (TPSA) is 539 Å². The number of carbonyl (C=O) groups is 5. The van der Waals surface area contributed by atoms with Crippen LogP contribution in [0.15, 0.2) is 24.3 Å². The molecule has 0 spiro atoms. The van der Waals surface area contributed by atoms with E-state index in [2.05, 4.69) is 45.3 Å². The molecule has 7 rings (SSSR count). The Morgan fingerprint density at radius 2 is 0.878 bits per heavy atom. The Morgan fingerprint density at radius 3 is 1.34 bits per heavy atom. The Labute approximate surface area is 564 Å². The van der Waals surface area contributed by atoms with Crippen LogP contribution in [0.4, 0.5) is 0 Å². The maximum atomic E-state index is 13.9. The molecule has 5 amide bonds. The van der Waals surface area contributed by atoms with Gasteiger partial charge in [0.05, 0.1) is 45.7 Å². The summed E-state index contributed by atoms with van der Waals surface area (Å²) >= 11 is 0. The summed E-state index contributed by atoms with van der Waals surface area (Å²) in [6.45, 7) is 3.20. The van der Waals surface area contributed by atoms with Crippen molar-refractivity contribution in [2.24, 2.45) is 0 Å². The molecule has 1 aromatic rings. The lowest BCUT2D eigenvalue weighted by atomic mass is 9.93. The van der Waals surface area contributed by atoms with Gasteiger partial charge in [-0.25, -0.2) is 0 Å². The van der Waals surface area contributed by atoms with Gasteiger partial charge in [-0.3, -0.25) is 24.0 Å². The third kappa shape index (κ3) is 20.4. The molecule has 0 radical (unpaired) electrons. The van der Waals surface area contributed by atoms with E-state index >= 15 is 0 Å². The van der Waals surface area contributed by atoms with Crippen LogP contribution in [0, 0.1) is 11.8 Å². The number of carbonyl (C=O) groups excluding carboxylic acids is 5. The lowest BCUT2D eigenvalue weighted by molar-refractivity contribution is -0.368. The monoisotopic (exact) mass is 1410 g/mol. The fraction of sp³-hybridized carbons (Fsp3) is 0.790. The predicted molar refractivity (Wildman–Crippen MR) is 327 cm³/mol. The molecule has 0 aliphatic carbocycles. The summed E-state index contributed by atoms with van der Waals surface area (Å²) in [5.74, 6) is 2.53. The molecule has 36 heteroatoms. The first-order valence-corrected chi connectivity index (χ1v) is 32.6. The maximum Gasteiger partial charge on any atom is 0.251 e. The Bertz CT molecular complexity index is 2770. The summed E-state index contributed by atoms with van der Waals surface area (Å²) in [6.07, 6.45) is -38.5. The fourth-order valence-corrected chi connectivity index (χ4v) is 12.3. The van der Waals surface area contributed by atoms with E-state index in [1.54, 1.807) is 12.1 Å². The van der Waals surface area contributed by atoms with Crippen molar-refractivity contribution in [1.29, 1.82) is 0 Å². The van der Waals surface area contributed by atoms with E-state index in [-0.39, 0.29) is 12.2 Å². The van der Waals surface area contributed by atoms with Crippen LogP contribution in [0.5, 0.6) is 5.75 Å². The van der Waals surface area contributed by atoms with Crippen LogP contribution in [0.25, 0.3) is 0 Å². The van der Waals surface area contributed by atoms with Crippen LogP contribution in [-0.2, 0) is 71.3 Å². The number of hydrogen-bond donors (Lipinski definition) is 19. The predicted octanol–water partition coefficient (Wildman–Crippen LogP) is -7.93. The molecule has 6 heterocycles. The molecular weight excluding hydrogens is 1310 g/mol. The van der Waals surface area contributed by atoms with Crippen LogP contribution < -0.4 is 31.3 Å². The van der Waals surface area contributed by atoms with E-state index in [0.717, 1.165) is 59.8 Å². The number of benzene rings is 1. The fourth-order valence-electron chi connectivity index (χ4n) is 12.3. The van der Waals surface area contributed by atoms with E-state index in [1.807, 2.05) is 0 Å². The van der Waals surface area contributed by atoms with Gasteiger partial charge in [-0.1, -0.05) is 32.3 Å². The Balaban J connectivity index is 1.07. The molecule has 6 aliphatic rings. The summed E-state index contributed by atoms with van der Waals surface area (Å²) in [5, 5.41) is 168. The van der Waals surface area contributed by atoms with Crippen molar-refractivity contribution in [3.8, 4) is 17.6 Å². The molecular formula is C62H97N5O31. The normalized spacial score (nSPS) is 39.6. The molecule has 0 saturated carbocycles. The summed E-state index contributed by atoms with van der Waals surface area (Å²) in [6, 6.07) is -2.60. The number of rotatable bonds is 29. The van der Waals surface area contributed by atoms with E-state index in [4.69, 9.17) is 56.8 Å². The molecule has 6 saturated heterocycles. The van der Waals surface area contributed by atoms with Gasteiger partial charge >= 0.3 is 0 Å². The van der Waals surface area contributed by atoms with E-state index < -0.39 is 246 Å². The van der Waals surface area contributed by atoms with Crippen molar-refractivity contribution in [3.05, 3.63) is 29.8 Å². The Kier molecular flexibility index (Phi) is 30.9. The zero-order valence-corrected chi connectivity index (χ0v) is 55.0. The highest BCUT2D eigenvalue weighted by Crippen LogP contribution is 2.37. The van der Waals surface area contributed by atoms with Gasteiger partial charge in [0.2, 0.25) is 23.6 Å². The van der Waals surface area contributed by atoms with Gasteiger partial charge in [0.25, 0.3) is 5.91 Å². The average molecular weight is 1410 g/mol. The molecule has 14 unspecified atom stereocenters. The molecule has 19 N–H and O–H groups in total. The lowest BCUT2D eigenvalue weighted by Gasteiger charge is -2.51. The largest absolute Gasteiger partial charge is 0.494 e. The Hall–Kier alpha value is -5.07. The lowest BCUT2D eigenvalue weighted by Crippen LogP contribution is -2.72. The van der Waals surface area contributed by atoms with Gasteiger partial charge in [0.15, 0.2) is 37.7 Å². The van der Waals surface area contributed by atoms with Gasteiger partial charge in [-0.05, 0) is 38.0 Å². The number of ether oxygens (including phenoxy) is 12. The van der Waals surface area contributed by atoms with Crippen molar-refractivity contribution in [2.45, 2.75) is 270 Å². The minimum atomic E-state index is -2.08. The number of amides is 5.